The predicted molar refractivity (Wildman–Crippen MR) is 129 cm³/mol. The number of pyridine rings is 1. The SMILES string of the molecule is Cc1nc(S(C)(=O)=O)ccc1OCC1CCC(N2CCN(c3ncc(C(F)(F)F)cn3)CC2C)CC1. The number of hydrogen-bond acceptors (Lipinski definition) is 8. The Morgan fingerprint density at radius 2 is 1.75 bits per heavy atom. The molecule has 0 radical (unpaired) electrons. The summed E-state index contributed by atoms with van der Waals surface area (Å²) in [7, 11) is -3.35. The Hall–Kier alpha value is -2.47. The van der Waals surface area contributed by atoms with Crippen LogP contribution in [0.3, 0.4) is 0 Å². The molecule has 0 amide bonds. The molecule has 1 unspecified atom stereocenters. The van der Waals surface area contributed by atoms with E-state index in [-0.39, 0.29) is 11.1 Å². The zero-order valence-corrected chi connectivity index (χ0v) is 21.5. The molecular formula is C24H32F3N5O3S. The van der Waals surface area contributed by atoms with Crippen molar-refractivity contribution in [3.63, 3.8) is 0 Å². The van der Waals surface area contributed by atoms with E-state index in [1.165, 1.54) is 6.07 Å². The van der Waals surface area contributed by atoms with Crippen LogP contribution in [0.4, 0.5) is 19.1 Å². The van der Waals surface area contributed by atoms with Crippen molar-refractivity contribution in [2.24, 2.45) is 5.92 Å². The Kier molecular flexibility index (Phi) is 7.75. The second-order valence-electron chi connectivity index (χ2n) is 9.79. The van der Waals surface area contributed by atoms with Crippen molar-refractivity contribution in [1.82, 2.24) is 19.9 Å². The summed E-state index contributed by atoms with van der Waals surface area (Å²) in [6, 6.07) is 3.85. The molecule has 2 aromatic rings. The highest BCUT2D eigenvalue weighted by Gasteiger charge is 2.34. The van der Waals surface area contributed by atoms with Gasteiger partial charge >= 0.3 is 6.18 Å². The average Bonchev–Trinajstić information content (AvgIpc) is 2.82. The highest BCUT2D eigenvalue weighted by atomic mass is 32.2. The first-order chi connectivity index (χ1) is 16.9. The maximum Gasteiger partial charge on any atom is 0.419 e. The van der Waals surface area contributed by atoms with Gasteiger partial charge in [-0.05, 0) is 57.6 Å². The molecular weight excluding hydrogens is 495 g/mol. The number of piperazine rings is 1. The molecule has 1 saturated carbocycles. The fourth-order valence-electron chi connectivity index (χ4n) is 5.06. The van der Waals surface area contributed by atoms with Crippen molar-refractivity contribution in [1.29, 1.82) is 0 Å². The first-order valence-corrected chi connectivity index (χ1v) is 14.0. The second kappa shape index (κ2) is 10.5. The van der Waals surface area contributed by atoms with Crippen molar-refractivity contribution >= 4 is 15.8 Å². The summed E-state index contributed by atoms with van der Waals surface area (Å²) in [6.07, 6.45) is 2.57. The summed E-state index contributed by atoms with van der Waals surface area (Å²) in [6.45, 7) is 6.62. The van der Waals surface area contributed by atoms with E-state index in [0.717, 1.165) is 50.9 Å². The lowest BCUT2D eigenvalue weighted by molar-refractivity contribution is -0.138. The van der Waals surface area contributed by atoms with Gasteiger partial charge in [-0.3, -0.25) is 4.90 Å². The van der Waals surface area contributed by atoms with E-state index < -0.39 is 21.6 Å². The maximum absolute atomic E-state index is 12.8. The topological polar surface area (TPSA) is 88.5 Å². The van der Waals surface area contributed by atoms with Crippen LogP contribution in [0.5, 0.6) is 5.75 Å². The summed E-state index contributed by atoms with van der Waals surface area (Å²) in [5.74, 6) is 1.37. The Balaban J connectivity index is 1.25. The maximum atomic E-state index is 12.8. The molecule has 0 N–H and O–H groups in total. The Labute approximate surface area is 209 Å². The van der Waals surface area contributed by atoms with E-state index in [9.17, 15) is 21.6 Å². The fourth-order valence-corrected chi connectivity index (χ4v) is 5.68. The van der Waals surface area contributed by atoms with Crippen molar-refractivity contribution in [2.45, 2.75) is 62.8 Å². The van der Waals surface area contributed by atoms with Crippen molar-refractivity contribution in [3.05, 3.63) is 35.8 Å². The number of rotatable bonds is 6. The number of anilines is 1. The van der Waals surface area contributed by atoms with Crippen LogP contribution in [-0.4, -0.2) is 72.9 Å². The standard InChI is InChI=1S/C24H32F3N5O3S/c1-16-14-31(23-28-12-19(13-29-23)24(25,26)27)10-11-32(16)20-6-4-18(5-7-20)15-35-21-8-9-22(30-17(21)2)36(3,33)34/h8-9,12-13,16,18,20H,4-7,10-11,14-15H2,1-3H3. The monoisotopic (exact) mass is 527 g/mol. The molecule has 0 bridgehead atoms. The summed E-state index contributed by atoms with van der Waals surface area (Å²) >= 11 is 0. The van der Waals surface area contributed by atoms with E-state index in [4.69, 9.17) is 4.74 Å². The van der Waals surface area contributed by atoms with Gasteiger partial charge in [0, 0.05) is 50.4 Å². The largest absolute Gasteiger partial charge is 0.491 e. The third kappa shape index (κ3) is 6.26. The second-order valence-corrected chi connectivity index (χ2v) is 11.8. The molecule has 198 valence electrons. The molecule has 1 saturated heterocycles. The van der Waals surface area contributed by atoms with Gasteiger partial charge in [-0.15, -0.1) is 0 Å². The summed E-state index contributed by atoms with van der Waals surface area (Å²) < 4.78 is 67.7. The molecule has 1 atom stereocenters. The summed E-state index contributed by atoms with van der Waals surface area (Å²) in [5, 5.41) is 0.0481. The third-order valence-corrected chi connectivity index (χ3v) is 8.07. The van der Waals surface area contributed by atoms with Crippen LogP contribution in [0, 0.1) is 12.8 Å². The van der Waals surface area contributed by atoms with Crippen LogP contribution in [0.2, 0.25) is 0 Å². The van der Waals surface area contributed by atoms with Crippen LogP contribution < -0.4 is 9.64 Å². The first-order valence-electron chi connectivity index (χ1n) is 12.1. The van der Waals surface area contributed by atoms with Crippen LogP contribution >= 0.6 is 0 Å². The lowest BCUT2D eigenvalue weighted by Crippen LogP contribution is -2.56. The van der Waals surface area contributed by atoms with E-state index in [2.05, 4.69) is 26.8 Å². The number of ether oxygens (including phenoxy) is 1. The van der Waals surface area contributed by atoms with Gasteiger partial charge in [-0.25, -0.2) is 23.4 Å². The van der Waals surface area contributed by atoms with Gasteiger partial charge in [0.05, 0.1) is 17.9 Å². The molecule has 0 aromatic carbocycles. The van der Waals surface area contributed by atoms with E-state index >= 15 is 0 Å². The molecule has 8 nitrogen and oxygen atoms in total. The van der Waals surface area contributed by atoms with Gasteiger partial charge in [0.25, 0.3) is 0 Å². The van der Waals surface area contributed by atoms with Gasteiger partial charge in [0.1, 0.15) is 5.75 Å². The normalized spacial score (nSPS) is 24.1. The number of hydrogen-bond donors (Lipinski definition) is 0. The van der Waals surface area contributed by atoms with Gasteiger partial charge in [0.2, 0.25) is 5.95 Å². The molecule has 1 aliphatic carbocycles. The predicted octanol–water partition coefficient (Wildman–Crippen LogP) is 3.75. The quantitative estimate of drug-likeness (QED) is 0.561. The van der Waals surface area contributed by atoms with E-state index in [1.54, 1.807) is 13.0 Å². The number of aryl methyl sites for hydroxylation is 1. The van der Waals surface area contributed by atoms with Crippen molar-refractivity contribution in [2.75, 3.05) is 37.4 Å². The van der Waals surface area contributed by atoms with Crippen molar-refractivity contribution < 1.29 is 26.3 Å². The Morgan fingerprint density at radius 3 is 2.31 bits per heavy atom. The first kappa shape index (κ1) is 26.6. The zero-order valence-electron chi connectivity index (χ0n) is 20.7. The highest BCUT2D eigenvalue weighted by Crippen LogP contribution is 2.32. The molecule has 36 heavy (non-hydrogen) atoms. The van der Waals surface area contributed by atoms with Gasteiger partial charge in [-0.2, -0.15) is 13.2 Å². The lowest BCUT2D eigenvalue weighted by Gasteiger charge is -2.46. The number of aromatic nitrogens is 3. The molecule has 2 aromatic heterocycles. The minimum absolute atomic E-state index is 0.0481. The lowest BCUT2D eigenvalue weighted by atomic mass is 9.85. The van der Waals surface area contributed by atoms with Gasteiger partial charge in [-0.1, -0.05) is 0 Å². The molecule has 12 heteroatoms. The van der Waals surface area contributed by atoms with Crippen LogP contribution in [0.1, 0.15) is 43.9 Å². The molecule has 0 spiro atoms. The minimum atomic E-state index is -4.44. The Bertz CT molecular complexity index is 1150. The number of halogens is 3. The smallest absolute Gasteiger partial charge is 0.419 e. The molecule has 4 rings (SSSR count). The minimum Gasteiger partial charge on any atom is -0.491 e. The van der Waals surface area contributed by atoms with Gasteiger partial charge < -0.3 is 9.64 Å². The molecule has 1 aliphatic heterocycles. The van der Waals surface area contributed by atoms with E-state index in [1.807, 2.05) is 4.90 Å². The average molecular weight is 528 g/mol. The molecule has 2 fully saturated rings. The van der Waals surface area contributed by atoms with Crippen molar-refractivity contribution in [3.8, 4) is 5.75 Å². The number of sulfone groups is 1. The summed E-state index contributed by atoms with van der Waals surface area (Å²) in [4.78, 5) is 16.5. The summed E-state index contributed by atoms with van der Waals surface area (Å²) in [5.41, 5.74) is -0.272. The van der Waals surface area contributed by atoms with Crippen LogP contribution in [-0.2, 0) is 16.0 Å². The fraction of sp³-hybridized carbons (Fsp3) is 0.625. The van der Waals surface area contributed by atoms with Crippen LogP contribution in [0.15, 0.2) is 29.6 Å². The molecule has 2 aliphatic rings. The number of nitrogens with zero attached hydrogens (tertiary/aromatic N) is 5. The molecule has 3 heterocycles. The Morgan fingerprint density at radius 1 is 1.08 bits per heavy atom. The van der Waals surface area contributed by atoms with Crippen LogP contribution in [0.25, 0.3) is 0 Å². The number of alkyl halides is 3. The zero-order chi connectivity index (χ0) is 26.1. The third-order valence-electron chi connectivity index (χ3n) is 7.08. The highest BCUT2D eigenvalue weighted by molar-refractivity contribution is 7.90. The van der Waals surface area contributed by atoms with E-state index in [0.29, 0.717) is 49.0 Å². The van der Waals surface area contributed by atoms with Gasteiger partial charge in [0.15, 0.2) is 14.9 Å².